The van der Waals surface area contributed by atoms with E-state index in [1.807, 2.05) is 4.90 Å². The van der Waals surface area contributed by atoms with Crippen LogP contribution in [0.4, 0.5) is 25.3 Å². The maximum atomic E-state index is 14.1. The number of halogens is 2. The quantitative estimate of drug-likeness (QED) is 0.539. The van der Waals surface area contributed by atoms with Gasteiger partial charge in [-0.2, -0.15) is 0 Å². The summed E-state index contributed by atoms with van der Waals surface area (Å²) < 4.78 is 54.9. The Kier molecular flexibility index (Phi) is 6.43. The highest BCUT2D eigenvalue weighted by Crippen LogP contribution is 2.28. The van der Waals surface area contributed by atoms with Crippen molar-refractivity contribution in [1.82, 2.24) is 9.88 Å². The molecule has 1 amide bonds. The Bertz CT molecular complexity index is 1310. The van der Waals surface area contributed by atoms with Gasteiger partial charge in [0.2, 0.25) is 5.91 Å². The third kappa shape index (κ3) is 4.86. The molecule has 3 aromatic rings. The average molecular weight is 520 g/mol. The van der Waals surface area contributed by atoms with E-state index in [9.17, 15) is 22.0 Å². The van der Waals surface area contributed by atoms with Crippen LogP contribution in [-0.2, 0) is 14.8 Å². The van der Waals surface area contributed by atoms with E-state index in [0.29, 0.717) is 50.5 Å². The molecule has 2 aromatic carbocycles. The lowest BCUT2D eigenvalue weighted by Crippen LogP contribution is -2.52. The fourth-order valence-electron chi connectivity index (χ4n) is 4.53. The zero-order valence-corrected chi connectivity index (χ0v) is 20.2. The first-order valence-electron chi connectivity index (χ1n) is 11.1. The summed E-state index contributed by atoms with van der Waals surface area (Å²) in [5.74, 6) is -1.24. The van der Waals surface area contributed by atoms with Crippen molar-refractivity contribution in [2.45, 2.75) is 17.4 Å². The number of sulfonamides is 1. The summed E-state index contributed by atoms with van der Waals surface area (Å²) in [6, 6.07) is 9.49. The first kappa shape index (κ1) is 23.6. The molecular weight excluding hydrogens is 496 g/mol. The van der Waals surface area contributed by atoms with Gasteiger partial charge in [0.25, 0.3) is 10.0 Å². The fourth-order valence-corrected chi connectivity index (χ4v) is 6.31. The molecule has 35 heavy (non-hydrogen) atoms. The molecular formula is C23H23F2N5O3S2. The molecule has 0 unspecified atom stereocenters. The van der Waals surface area contributed by atoms with Crippen LogP contribution in [0.1, 0.15) is 6.42 Å². The maximum Gasteiger partial charge on any atom is 0.263 e. The van der Waals surface area contributed by atoms with E-state index in [1.165, 1.54) is 41.8 Å². The summed E-state index contributed by atoms with van der Waals surface area (Å²) in [5, 5.41) is 1.96. The van der Waals surface area contributed by atoms with E-state index in [0.717, 1.165) is 6.07 Å². The van der Waals surface area contributed by atoms with Crippen molar-refractivity contribution in [3.63, 3.8) is 0 Å². The molecule has 0 radical (unpaired) electrons. The number of thiazole rings is 1. The summed E-state index contributed by atoms with van der Waals surface area (Å²) in [7, 11) is -3.76. The van der Waals surface area contributed by atoms with Crippen LogP contribution in [0.15, 0.2) is 58.9 Å². The Morgan fingerprint density at radius 3 is 2.40 bits per heavy atom. The Labute approximate surface area is 205 Å². The molecule has 12 heteroatoms. The number of anilines is 3. The van der Waals surface area contributed by atoms with Gasteiger partial charge in [-0.25, -0.2) is 22.2 Å². The number of hydrogen-bond acceptors (Lipinski definition) is 7. The molecule has 1 aromatic heterocycles. The van der Waals surface area contributed by atoms with Crippen LogP contribution < -0.4 is 14.5 Å². The number of piperazine rings is 1. The highest BCUT2D eigenvalue weighted by Gasteiger charge is 2.38. The van der Waals surface area contributed by atoms with Crippen molar-refractivity contribution in [2.24, 2.45) is 0 Å². The zero-order valence-electron chi connectivity index (χ0n) is 18.6. The molecule has 0 aliphatic carbocycles. The van der Waals surface area contributed by atoms with Gasteiger partial charge >= 0.3 is 0 Å². The second-order valence-electron chi connectivity index (χ2n) is 8.35. The van der Waals surface area contributed by atoms with Crippen molar-refractivity contribution in [3.8, 4) is 0 Å². The fraction of sp³-hybridized carbons (Fsp3) is 0.304. The molecule has 0 bridgehead atoms. The maximum absolute atomic E-state index is 14.1. The lowest BCUT2D eigenvalue weighted by Gasteiger charge is -2.38. The second-order valence-corrected chi connectivity index (χ2v) is 10.9. The molecule has 0 saturated carbocycles. The summed E-state index contributed by atoms with van der Waals surface area (Å²) in [4.78, 5) is 22.8. The number of nitrogens with zero attached hydrogens (tertiary/aromatic N) is 4. The number of amides is 1. The summed E-state index contributed by atoms with van der Waals surface area (Å²) in [5.41, 5.74) is 1.00. The van der Waals surface area contributed by atoms with Gasteiger partial charge in [0, 0.05) is 56.1 Å². The molecule has 2 saturated heterocycles. The monoisotopic (exact) mass is 519 g/mol. The van der Waals surface area contributed by atoms with Gasteiger partial charge < -0.3 is 9.80 Å². The summed E-state index contributed by atoms with van der Waals surface area (Å²) in [6.07, 6.45) is 2.16. The number of nitrogens with one attached hydrogen (secondary N) is 1. The highest BCUT2D eigenvalue weighted by molar-refractivity contribution is 7.93. The number of carbonyl (C=O) groups is 1. The molecule has 1 N–H and O–H groups in total. The molecule has 2 aliphatic rings. The van der Waals surface area contributed by atoms with Gasteiger partial charge in [0.1, 0.15) is 11.6 Å². The van der Waals surface area contributed by atoms with Gasteiger partial charge in [-0.15, -0.1) is 11.3 Å². The van der Waals surface area contributed by atoms with Crippen LogP contribution in [0.3, 0.4) is 0 Å². The van der Waals surface area contributed by atoms with E-state index < -0.39 is 21.7 Å². The lowest BCUT2D eigenvalue weighted by molar-refractivity contribution is -0.121. The van der Waals surface area contributed by atoms with Crippen molar-refractivity contribution >= 4 is 43.8 Å². The van der Waals surface area contributed by atoms with E-state index in [4.69, 9.17) is 0 Å². The summed E-state index contributed by atoms with van der Waals surface area (Å²) >= 11 is 1.19. The van der Waals surface area contributed by atoms with Crippen LogP contribution in [0.25, 0.3) is 0 Å². The highest BCUT2D eigenvalue weighted by atomic mass is 32.2. The summed E-state index contributed by atoms with van der Waals surface area (Å²) in [6.45, 7) is 2.76. The van der Waals surface area contributed by atoms with Gasteiger partial charge in [-0.1, -0.05) is 0 Å². The van der Waals surface area contributed by atoms with Crippen molar-refractivity contribution in [3.05, 3.63) is 65.7 Å². The van der Waals surface area contributed by atoms with Crippen LogP contribution in [0, 0.1) is 11.6 Å². The molecule has 1 atom stereocenters. The van der Waals surface area contributed by atoms with Crippen molar-refractivity contribution in [2.75, 3.05) is 47.2 Å². The number of carbonyl (C=O) groups excluding carboxylic acids is 1. The molecule has 2 fully saturated rings. The predicted octanol–water partition coefficient (Wildman–Crippen LogP) is 3.15. The zero-order chi connectivity index (χ0) is 24.6. The van der Waals surface area contributed by atoms with Gasteiger partial charge in [0.05, 0.1) is 16.6 Å². The van der Waals surface area contributed by atoms with E-state index >= 15 is 0 Å². The van der Waals surface area contributed by atoms with Crippen molar-refractivity contribution in [1.29, 1.82) is 0 Å². The van der Waals surface area contributed by atoms with Crippen LogP contribution in [0.5, 0.6) is 0 Å². The molecule has 2 aliphatic heterocycles. The van der Waals surface area contributed by atoms with Crippen LogP contribution in [0.2, 0.25) is 0 Å². The molecule has 184 valence electrons. The Morgan fingerprint density at radius 1 is 1.00 bits per heavy atom. The molecule has 5 rings (SSSR count). The predicted molar refractivity (Wildman–Crippen MR) is 130 cm³/mol. The Hall–Kier alpha value is -3.09. The normalized spacial score (nSPS) is 19.4. The topological polar surface area (TPSA) is 85.9 Å². The molecule has 3 heterocycles. The average Bonchev–Trinajstić information content (AvgIpc) is 3.48. The minimum atomic E-state index is -3.76. The van der Waals surface area contributed by atoms with Crippen molar-refractivity contribution < 1.29 is 22.0 Å². The van der Waals surface area contributed by atoms with E-state index in [-0.39, 0.29) is 22.0 Å². The standard InChI is InChI=1S/C23H23F2N5O3S2/c24-16-1-6-20(19(25)15-16)28-10-12-29(13-11-28)21-7-9-30(22(21)31)17-2-4-18(5-3-17)35(32,33)27-23-26-8-14-34-23/h1-6,8,14-15,21H,7,9-13H2,(H,26,27)/t21-/m0/s1. The largest absolute Gasteiger partial charge is 0.367 e. The van der Waals surface area contributed by atoms with Gasteiger partial charge in [-0.05, 0) is 42.8 Å². The smallest absolute Gasteiger partial charge is 0.263 e. The lowest BCUT2D eigenvalue weighted by atomic mass is 10.1. The number of benzene rings is 2. The number of hydrogen-bond donors (Lipinski definition) is 1. The minimum Gasteiger partial charge on any atom is -0.367 e. The number of aromatic nitrogens is 1. The van der Waals surface area contributed by atoms with E-state index in [1.54, 1.807) is 22.4 Å². The number of rotatable bonds is 6. The van der Waals surface area contributed by atoms with Gasteiger partial charge in [-0.3, -0.25) is 14.4 Å². The second kappa shape index (κ2) is 9.51. The third-order valence-corrected chi connectivity index (χ3v) is 8.47. The third-order valence-electron chi connectivity index (χ3n) is 6.30. The van der Waals surface area contributed by atoms with E-state index in [2.05, 4.69) is 14.6 Å². The molecule has 0 spiro atoms. The first-order valence-corrected chi connectivity index (χ1v) is 13.5. The first-order chi connectivity index (χ1) is 16.8. The van der Waals surface area contributed by atoms with Gasteiger partial charge in [0.15, 0.2) is 5.13 Å². The van der Waals surface area contributed by atoms with Crippen LogP contribution in [-0.4, -0.2) is 63.0 Å². The minimum absolute atomic E-state index is 0.0390. The SMILES string of the molecule is O=C1[C@@H](N2CCN(c3ccc(F)cc3F)CC2)CCN1c1ccc(S(=O)(=O)Nc2nccs2)cc1. The Balaban J connectivity index is 1.21. The Morgan fingerprint density at radius 2 is 1.74 bits per heavy atom. The molecule has 8 nitrogen and oxygen atoms in total. The van der Waals surface area contributed by atoms with Crippen LogP contribution >= 0.6 is 11.3 Å².